The number of fused-ring (bicyclic) bond motifs is 1. The Labute approximate surface area is 262 Å². The fourth-order valence-corrected chi connectivity index (χ4v) is 4.50. The van der Waals surface area contributed by atoms with Crippen LogP contribution in [0.5, 0.6) is 5.75 Å². The summed E-state index contributed by atoms with van der Waals surface area (Å²) in [6.45, 7) is 0. The topological polar surface area (TPSA) is 192 Å². The van der Waals surface area contributed by atoms with Crippen LogP contribution in [-0.4, -0.2) is 31.8 Å². The molecule has 4 rings (SSSR count). The second kappa shape index (κ2) is 12.8. The zero-order valence-electron chi connectivity index (χ0n) is 20.0. The van der Waals surface area contributed by atoms with E-state index in [9.17, 15) is 36.2 Å². The monoisotopic (exact) mass is 571 g/mol. The molecule has 0 radical (unpaired) electrons. The zero-order valence-corrected chi connectivity index (χ0v) is 25.6. The molecule has 0 heterocycles. The fraction of sp³-hybridized carbons (Fsp3) is 0. The number of hydrogen-bond donors (Lipinski definition) is 2. The average molecular weight is 572 g/mol. The van der Waals surface area contributed by atoms with Crippen LogP contribution in [0.15, 0.2) is 104 Å². The van der Waals surface area contributed by atoms with Gasteiger partial charge in [-0.25, -0.2) is 0 Å². The predicted octanol–water partition coefficient (Wildman–Crippen LogP) is -2.73. The Balaban J connectivity index is 0.00000253. The zero-order chi connectivity index (χ0) is 26.1. The maximum absolute atomic E-state index is 13.4. The molecule has 2 N–H and O–H groups in total. The van der Waals surface area contributed by atoms with Crippen molar-refractivity contribution in [2.45, 2.75) is 9.79 Å². The van der Waals surface area contributed by atoms with Crippen LogP contribution in [0.1, 0.15) is 5.56 Å². The van der Waals surface area contributed by atoms with Gasteiger partial charge in [-0.1, -0.05) is 54.3 Å². The van der Waals surface area contributed by atoms with Crippen LogP contribution in [0.2, 0.25) is 0 Å². The van der Waals surface area contributed by atoms with Gasteiger partial charge in [0.2, 0.25) is 0 Å². The summed E-state index contributed by atoms with van der Waals surface area (Å²) in [6.07, 6.45) is 0. The van der Waals surface area contributed by atoms with E-state index >= 15 is 0 Å². The van der Waals surface area contributed by atoms with Crippen LogP contribution < -0.4 is 69.3 Å². The predicted molar refractivity (Wildman–Crippen MR) is 126 cm³/mol. The molecular formula is C23H15N3Na2O8S2. The summed E-state index contributed by atoms with van der Waals surface area (Å²) in [7, 11) is -9.90. The van der Waals surface area contributed by atoms with E-state index in [2.05, 4.69) is 15.2 Å². The Morgan fingerprint density at radius 3 is 1.89 bits per heavy atom. The van der Waals surface area contributed by atoms with E-state index in [4.69, 9.17) is 0 Å². The molecule has 4 aromatic rings. The first-order valence-corrected chi connectivity index (χ1v) is 12.9. The summed E-state index contributed by atoms with van der Waals surface area (Å²) in [5, 5.41) is 32.9. The van der Waals surface area contributed by atoms with Crippen molar-refractivity contribution in [1.29, 1.82) is 0 Å². The number of benzene rings is 4. The van der Waals surface area contributed by atoms with Gasteiger partial charge >= 0.3 is 59.1 Å². The van der Waals surface area contributed by atoms with Crippen molar-refractivity contribution in [3.05, 3.63) is 84.4 Å². The van der Waals surface area contributed by atoms with Crippen LogP contribution >= 0.6 is 0 Å². The molecule has 0 fully saturated rings. The first kappa shape index (κ1) is 32.0. The molecule has 184 valence electrons. The Morgan fingerprint density at radius 2 is 1.34 bits per heavy atom. The van der Waals surface area contributed by atoms with Crippen molar-refractivity contribution >= 4 is 54.0 Å². The number of azo groups is 1. The molecule has 0 unspecified atom stereocenters. The van der Waals surface area contributed by atoms with Crippen LogP contribution in [0.4, 0.5) is 17.1 Å². The minimum Gasteiger partial charge on any atom is -0.870 e. The molecule has 0 atom stereocenters. The van der Waals surface area contributed by atoms with E-state index < -0.39 is 53.0 Å². The molecule has 0 aliphatic carbocycles. The van der Waals surface area contributed by atoms with E-state index in [-0.39, 0.29) is 81.1 Å². The molecule has 38 heavy (non-hydrogen) atoms. The summed E-state index contributed by atoms with van der Waals surface area (Å²) in [6, 6.07) is 18.1. The van der Waals surface area contributed by atoms with Crippen molar-refractivity contribution < 1.29 is 95.3 Å². The minimum atomic E-state index is -5.04. The van der Waals surface area contributed by atoms with Crippen LogP contribution in [0.25, 0.3) is 10.8 Å². The Morgan fingerprint density at radius 1 is 0.763 bits per heavy atom. The molecule has 15 heteroatoms. The summed E-state index contributed by atoms with van der Waals surface area (Å²) in [4.78, 5) is 2.14. The SMILES string of the molecule is O=S(=O)(O)c1cc(N=C([O-])c2ccccc2)c2c([O-])c(N=Nc3ccccc3)c(S(=O)(=O)O)cc2c1.[Na+].[Na+]. The quantitative estimate of drug-likeness (QED) is 0.0819. The second-order valence-corrected chi connectivity index (χ2v) is 10.2. The van der Waals surface area contributed by atoms with Gasteiger partial charge in [-0.3, -0.25) is 14.1 Å². The number of aliphatic imine (C=N–C) groups is 1. The molecule has 0 bridgehead atoms. The van der Waals surface area contributed by atoms with Gasteiger partial charge in [0.25, 0.3) is 20.2 Å². The fourth-order valence-electron chi connectivity index (χ4n) is 3.31. The summed E-state index contributed by atoms with van der Waals surface area (Å²) in [5.74, 6) is -1.93. The van der Waals surface area contributed by atoms with E-state index in [0.717, 1.165) is 18.2 Å². The molecule has 0 spiro atoms. The van der Waals surface area contributed by atoms with Crippen molar-refractivity contribution in [1.82, 2.24) is 0 Å². The van der Waals surface area contributed by atoms with Gasteiger partial charge in [0.15, 0.2) is 0 Å². The van der Waals surface area contributed by atoms with Gasteiger partial charge in [-0.05, 0) is 47.2 Å². The molecule has 0 amide bonds. The maximum atomic E-state index is 13.4. The average Bonchev–Trinajstić information content (AvgIpc) is 2.83. The normalized spacial score (nSPS) is 12.2. The number of hydrogen-bond acceptors (Lipinski definition) is 9. The van der Waals surface area contributed by atoms with Gasteiger partial charge in [-0.2, -0.15) is 21.9 Å². The number of rotatable bonds is 6. The largest absolute Gasteiger partial charge is 1.00 e. The molecular weight excluding hydrogens is 556 g/mol. The van der Waals surface area contributed by atoms with E-state index in [1.807, 2.05) is 0 Å². The number of nitrogens with zero attached hydrogens (tertiary/aromatic N) is 3. The van der Waals surface area contributed by atoms with Crippen molar-refractivity contribution in [2.75, 3.05) is 0 Å². The summed E-state index contributed by atoms with van der Waals surface area (Å²) < 4.78 is 67.1. The standard InChI is InChI=1S/C23H17N3O8S2.2Na/c27-22-20-15(12-19(36(32,33)34)21(22)26-25-16-9-5-2-6-10-16)11-17(35(29,30)31)13-18(20)24-23(28)14-7-3-1-4-8-14;;/h1-13,27H,(H,24,28)(H,29,30,31)(H,32,33,34);;/q;2*+1/p-2. The van der Waals surface area contributed by atoms with E-state index in [0.29, 0.717) is 0 Å². The third-order valence-electron chi connectivity index (χ3n) is 4.92. The van der Waals surface area contributed by atoms with Gasteiger partial charge in [-0.15, -0.1) is 5.11 Å². The molecule has 0 aliphatic heterocycles. The Bertz CT molecular complexity index is 1750. The first-order chi connectivity index (χ1) is 16.9. The third-order valence-corrected chi connectivity index (χ3v) is 6.62. The van der Waals surface area contributed by atoms with Gasteiger partial charge in [0.05, 0.1) is 22.0 Å². The van der Waals surface area contributed by atoms with Crippen molar-refractivity contribution in [2.24, 2.45) is 15.2 Å². The molecule has 0 saturated heterocycles. The van der Waals surface area contributed by atoms with E-state index in [1.165, 1.54) is 24.3 Å². The molecule has 11 nitrogen and oxygen atoms in total. The van der Waals surface area contributed by atoms with Crippen LogP contribution in [-0.2, 0) is 20.2 Å². The Hall–Kier alpha value is -2.17. The van der Waals surface area contributed by atoms with Crippen LogP contribution in [0, 0.1) is 0 Å². The van der Waals surface area contributed by atoms with Gasteiger partial charge < -0.3 is 10.2 Å². The molecule has 0 aromatic heterocycles. The molecule has 4 aromatic carbocycles. The second-order valence-electron chi connectivity index (χ2n) is 7.36. The molecule has 0 saturated carbocycles. The van der Waals surface area contributed by atoms with Crippen molar-refractivity contribution in [3.63, 3.8) is 0 Å². The smallest absolute Gasteiger partial charge is 0.870 e. The summed E-state index contributed by atoms with van der Waals surface area (Å²) in [5.41, 5.74) is -0.854. The van der Waals surface area contributed by atoms with Crippen molar-refractivity contribution in [3.8, 4) is 5.75 Å². The van der Waals surface area contributed by atoms with Gasteiger partial charge in [0, 0.05) is 5.39 Å². The van der Waals surface area contributed by atoms with E-state index in [1.54, 1.807) is 36.4 Å². The summed E-state index contributed by atoms with van der Waals surface area (Å²) >= 11 is 0. The maximum Gasteiger partial charge on any atom is 1.00 e. The Kier molecular flexibility index (Phi) is 10.8. The van der Waals surface area contributed by atoms with Gasteiger partial charge in [0.1, 0.15) is 4.90 Å². The van der Waals surface area contributed by atoms with Crippen LogP contribution in [0.3, 0.4) is 0 Å². The minimum absolute atomic E-state index is 0. The molecule has 0 aliphatic rings. The first-order valence-electron chi connectivity index (χ1n) is 10.00. The third kappa shape index (κ3) is 7.27.